The van der Waals surface area contributed by atoms with Crippen LogP contribution in [-0.4, -0.2) is 42.0 Å². The van der Waals surface area contributed by atoms with Crippen LogP contribution in [0.3, 0.4) is 0 Å². The second-order valence-corrected chi connectivity index (χ2v) is 10.0. The highest BCUT2D eigenvalue weighted by Gasteiger charge is 2.26. The fourth-order valence-corrected chi connectivity index (χ4v) is 5.75. The van der Waals surface area contributed by atoms with E-state index in [-0.39, 0.29) is 23.9 Å². The highest BCUT2D eigenvalue weighted by molar-refractivity contribution is 7.22. The minimum absolute atomic E-state index is 0. The fourth-order valence-electron chi connectivity index (χ4n) is 4.71. The number of aromatic nitrogens is 1. The third-order valence-corrected chi connectivity index (χ3v) is 7.92. The van der Waals surface area contributed by atoms with Crippen molar-refractivity contribution in [3.8, 4) is 0 Å². The van der Waals surface area contributed by atoms with Gasteiger partial charge in [0.15, 0.2) is 5.13 Å². The molecule has 0 fully saturated rings. The number of aryl methyl sites for hydroxylation is 2. The Hall–Kier alpha value is -3.26. The number of anilines is 1. The maximum Gasteiger partial charge on any atom is 0.349 e. The summed E-state index contributed by atoms with van der Waals surface area (Å²) in [7, 11) is 0. The average molecular weight is 536 g/mol. The zero-order chi connectivity index (χ0) is 25.4. The largest absolute Gasteiger partial charge is 0.422 e. The Labute approximate surface area is 225 Å². The number of hydrogen-bond acceptors (Lipinski definition) is 6. The van der Waals surface area contributed by atoms with Crippen molar-refractivity contribution in [3.63, 3.8) is 0 Å². The van der Waals surface area contributed by atoms with Crippen molar-refractivity contribution in [2.24, 2.45) is 0 Å². The van der Waals surface area contributed by atoms with Gasteiger partial charge in [-0.1, -0.05) is 61.6 Å². The number of hydrogen-bond donors (Lipinski definition) is 0. The Kier molecular flexibility index (Phi) is 7.97. The number of amides is 1. The van der Waals surface area contributed by atoms with Crippen LogP contribution in [0.15, 0.2) is 63.8 Å². The van der Waals surface area contributed by atoms with Crippen LogP contribution in [0, 0.1) is 13.8 Å². The first kappa shape index (κ1) is 26.8. The van der Waals surface area contributed by atoms with Crippen LogP contribution in [0.1, 0.15) is 35.3 Å². The standard InChI is InChI=1S/C29H29N3O3S.ClH/c1-5-31(6-2)13-14-32(29-30-24-16-18(3)15-19(4)26(24)36-29)27(33)23-17-22-21-10-8-7-9-20(21)11-12-25(22)35-28(23)34;/h7-12,15-17H,5-6,13-14H2,1-4H3;1H. The Morgan fingerprint density at radius 3 is 2.49 bits per heavy atom. The summed E-state index contributed by atoms with van der Waals surface area (Å²) in [5.41, 5.74) is 2.97. The van der Waals surface area contributed by atoms with Crippen molar-refractivity contribution >= 4 is 66.7 Å². The topological polar surface area (TPSA) is 66.7 Å². The molecule has 0 N–H and O–H groups in total. The highest BCUT2D eigenvalue weighted by atomic mass is 35.5. The van der Waals surface area contributed by atoms with E-state index in [9.17, 15) is 9.59 Å². The summed E-state index contributed by atoms with van der Waals surface area (Å²) >= 11 is 1.49. The molecule has 3 aromatic carbocycles. The molecule has 0 radical (unpaired) electrons. The predicted molar refractivity (Wildman–Crippen MR) is 156 cm³/mol. The van der Waals surface area contributed by atoms with Gasteiger partial charge in [-0.3, -0.25) is 9.69 Å². The summed E-state index contributed by atoms with van der Waals surface area (Å²) in [5.74, 6) is -0.390. The summed E-state index contributed by atoms with van der Waals surface area (Å²) in [4.78, 5) is 35.7. The van der Waals surface area contributed by atoms with Gasteiger partial charge in [0, 0.05) is 18.5 Å². The molecule has 0 aliphatic heterocycles. The van der Waals surface area contributed by atoms with E-state index < -0.39 is 5.63 Å². The first-order chi connectivity index (χ1) is 17.4. The van der Waals surface area contributed by atoms with E-state index in [1.54, 1.807) is 17.0 Å². The molecule has 6 nitrogen and oxygen atoms in total. The molecule has 192 valence electrons. The Balaban J connectivity index is 0.00000320. The minimum Gasteiger partial charge on any atom is -0.422 e. The van der Waals surface area contributed by atoms with Gasteiger partial charge in [0.25, 0.3) is 5.91 Å². The zero-order valence-corrected chi connectivity index (χ0v) is 23.0. The lowest BCUT2D eigenvalue weighted by atomic mass is 10.0. The molecular formula is C29H30ClN3O3S. The summed E-state index contributed by atoms with van der Waals surface area (Å²) in [5, 5.41) is 3.30. The molecule has 8 heteroatoms. The van der Waals surface area contributed by atoms with Crippen LogP contribution in [0.2, 0.25) is 0 Å². The first-order valence-electron chi connectivity index (χ1n) is 12.3. The number of halogens is 1. The molecule has 0 aliphatic rings. The lowest BCUT2D eigenvalue weighted by molar-refractivity contribution is 0.0980. The van der Waals surface area contributed by atoms with Gasteiger partial charge in [-0.25, -0.2) is 9.78 Å². The molecule has 5 rings (SSSR count). The van der Waals surface area contributed by atoms with Crippen molar-refractivity contribution in [1.29, 1.82) is 0 Å². The van der Waals surface area contributed by atoms with Crippen LogP contribution in [0.4, 0.5) is 5.13 Å². The van der Waals surface area contributed by atoms with Crippen LogP contribution >= 0.6 is 23.7 Å². The number of thiazole rings is 1. The van der Waals surface area contributed by atoms with Crippen molar-refractivity contribution in [2.75, 3.05) is 31.1 Å². The third-order valence-electron chi connectivity index (χ3n) is 6.69. The van der Waals surface area contributed by atoms with E-state index in [0.717, 1.165) is 50.6 Å². The molecule has 0 bridgehead atoms. The van der Waals surface area contributed by atoms with Gasteiger partial charge in [-0.05, 0) is 67.0 Å². The van der Waals surface area contributed by atoms with Crippen LogP contribution < -0.4 is 10.5 Å². The maximum absolute atomic E-state index is 14.0. The molecule has 2 heterocycles. The van der Waals surface area contributed by atoms with E-state index in [0.29, 0.717) is 23.8 Å². The predicted octanol–water partition coefficient (Wildman–Crippen LogP) is 6.58. The Morgan fingerprint density at radius 2 is 1.73 bits per heavy atom. The summed E-state index contributed by atoms with van der Waals surface area (Å²) in [6.45, 7) is 11.1. The van der Waals surface area contributed by atoms with E-state index in [2.05, 4.69) is 31.7 Å². The molecular weight excluding hydrogens is 506 g/mol. The monoisotopic (exact) mass is 535 g/mol. The summed E-state index contributed by atoms with van der Waals surface area (Å²) in [6, 6.07) is 17.4. The van der Waals surface area contributed by atoms with Crippen molar-refractivity contribution < 1.29 is 9.21 Å². The van der Waals surface area contributed by atoms with Crippen LogP contribution in [0.5, 0.6) is 0 Å². The number of likely N-dealkylation sites (N-methyl/N-ethyl adjacent to an activating group) is 1. The zero-order valence-electron chi connectivity index (χ0n) is 21.4. The van der Waals surface area contributed by atoms with Crippen molar-refractivity contribution in [3.05, 3.63) is 81.7 Å². The van der Waals surface area contributed by atoms with Crippen LogP contribution in [0.25, 0.3) is 32.0 Å². The van der Waals surface area contributed by atoms with Gasteiger partial charge in [0.2, 0.25) is 0 Å². The van der Waals surface area contributed by atoms with Gasteiger partial charge in [-0.2, -0.15) is 0 Å². The average Bonchev–Trinajstić information content (AvgIpc) is 3.30. The molecule has 5 aromatic rings. The number of carbonyl (C=O) groups is 1. The number of nitrogens with zero attached hydrogens (tertiary/aromatic N) is 3. The maximum atomic E-state index is 14.0. The molecule has 37 heavy (non-hydrogen) atoms. The molecule has 1 amide bonds. The van der Waals surface area contributed by atoms with Crippen molar-refractivity contribution in [1.82, 2.24) is 9.88 Å². The van der Waals surface area contributed by atoms with Gasteiger partial charge in [0.1, 0.15) is 11.1 Å². The highest BCUT2D eigenvalue weighted by Crippen LogP contribution is 2.33. The van der Waals surface area contributed by atoms with Gasteiger partial charge in [0.05, 0.1) is 10.2 Å². The summed E-state index contributed by atoms with van der Waals surface area (Å²) in [6.07, 6.45) is 0. The molecule has 0 atom stereocenters. The normalized spacial score (nSPS) is 11.4. The minimum atomic E-state index is -0.635. The Bertz CT molecular complexity index is 1660. The Morgan fingerprint density at radius 1 is 0.973 bits per heavy atom. The first-order valence-corrected chi connectivity index (χ1v) is 13.1. The lowest BCUT2D eigenvalue weighted by Gasteiger charge is -2.24. The SMILES string of the molecule is CCN(CC)CCN(C(=O)c1cc2c(ccc3ccccc32)oc1=O)c1nc2cc(C)cc(C)c2s1.Cl. The van der Waals surface area contributed by atoms with E-state index in [1.165, 1.54) is 11.3 Å². The number of benzene rings is 3. The quantitative estimate of drug-likeness (QED) is 0.174. The second kappa shape index (κ2) is 11.0. The van der Waals surface area contributed by atoms with E-state index in [4.69, 9.17) is 9.40 Å². The van der Waals surface area contributed by atoms with Crippen molar-refractivity contribution in [2.45, 2.75) is 27.7 Å². The molecule has 0 saturated carbocycles. The molecule has 0 saturated heterocycles. The number of fused-ring (bicyclic) bond motifs is 4. The molecule has 0 aliphatic carbocycles. The third kappa shape index (κ3) is 5.12. The van der Waals surface area contributed by atoms with Gasteiger partial charge < -0.3 is 9.32 Å². The molecule has 2 aromatic heterocycles. The van der Waals surface area contributed by atoms with Gasteiger partial charge >= 0.3 is 5.63 Å². The molecule has 0 spiro atoms. The lowest BCUT2D eigenvalue weighted by Crippen LogP contribution is -2.40. The second-order valence-electron chi connectivity index (χ2n) is 9.06. The smallest absolute Gasteiger partial charge is 0.349 e. The summed E-state index contributed by atoms with van der Waals surface area (Å²) < 4.78 is 6.69. The van der Waals surface area contributed by atoms with Gasteiger partial charge in [-0.15, -0.1) is 12.4 Å². The number of carbonyl (C=O) groups excluding carboxylic acids is 1. The number of rotatable bonds is 7. The van der Waals surface area contributed by atoms with E-state index in [1.807, 2.05) is 43.3 Å². The van der Waals surface area contributed by atoms with Crippen LogP contribution in [-0.2, 0) is 0 Å². The van der Waals surface area contributed by atoms with E-state index >= 15 is 0 Å². The fraction of sp³-hybridized carbons (Fsp3) is 0.276. The molecule has 0 unspecified atom stereocenters.